The van der Waals surface area contributed by atoms with Gasteiger partial charge in [0.1, 0.15) is 5.76 Å². The number of aliphatic hydroxyl groups is 1. The van der Waals surface area contributed by atoms with Crippen molar-refractivity contribution in [1.82, 2.24) is 0 Å². The van der Waals surface area contributed by atoms with Gasteiger partial charge in [0, 0.05) is 31.3 Å². The van der Waals surface area contributed by atoms with Crippen LogP contribution in [0, 0.1) is 17.8 Å². The molecule has 0 amide bonds. The number of carboxylic acids is 1. The normalized spacial score (nSPS) is 32.8. The van der Waals surface area contributed by atoms with E-state index in [1.807, 2.05) is 0 Å². The van der Waals surface area contributed by atoms with Gasteiger partial charge in [-0.2, -0.15) is 0 Å². The van der Waals surface area contributed by atoms with Crippen LogP contribution in [-0.2, 0) is 36.6 Å². The molecule has 5 rings (SSSR count). The molecular weight excluding hydrogens is 472 g/mol. The van der Waals surface area contributed by atoms with E-state index in [0.717, 1.165) is 70.0 Å². The summed E-state index contributed by atoms with van der Waals surface area (Å²) in [4.78, 5) is 11.8. The Hall–Kier alpha value is -1.93. The smallest absolute Gasteiger partial charge is 0.303 e. The van der Waals surface area contributed by atoms with Crippen molar-refractivity contribution >= 4 is 5.97 Å². The Kier molecular flexibility index (Phi) is 9.19. The van der Waals surface area contributed by atoms with Gasteiger partial charge in [-0.25, -0.2) is 0 Å². The van der Waals surface area contributed by atoms with Crippen molar-refractivity contribution in [3.8, 4) is 0 Å². The van der Waals surface area contributed by atoms with Crippen molar-refractivity contribution < 1.29 is 34.0 Å². The zero-order chi connectivity index (χ0) is 25.6. The summed E-state index contributed by atoms with van der Waals surface area (Å²) in [7, 11) is 0. The van der Waals surface area contributed by atoms with Crippen LogP contribution in [-0.4, -0.2) is 54.2 Å². The highest BCUT2D eigenvalue weighted by atomic mass is 16.7. The molecule has 1 aromatic rings. The highest BCUT2D eigenvalue weighted by Crippen LogP contribution is 2.44. The van der Waals surface area contributed by atoms with Crippen molar-refractivity contribution in [1.29, 1.82) is 0 Å². The third-order valence-electron chi connectivity index (χ3n) is 8.49. The van der Waals surface area contributed by atoms with E-state index in [2.05, 4.69) is 30.3 Å². The summed E-state index contributed by atoms with van der Waals surface area (Å²) >= 11 is 0. The van der Waals surface area contributed by atoms with Gasteiger partial charge in [0.2, 0.25) is 0 Å². The molecule has 37 heavy (non-hydrogen) atoms. The molecule has 2 N–H and O–H groups in total. The molecule has 6 atom stereocenters. The van der Waals surface area contributed by atoms with Crippen LogP contribution in [0.2, 0.25) is 0 Å². The van der Waals surface area contributed by atoms with Crippen LogP contribution < -0.4 is 0 Å². The zero-order valence-corrected chi connectivity index (χ0v) is 21.8. The fourth-order valence-electron chi connectivity index (χ4n) is 6.62. The predicted molar refractivity (Wildman–Crippen MR) is 138 cm³/mol. The average Bonchev–Trinajstić information content (AvgIpc) is 3.44. The minimum atomic E-state index is -0.916. The molecule has 0 spiro atoms. The highest BCUT2D eigenvalue weighted by molar-refractivity contribution is 5.67. The van der Waals surface area contributed by atoms with Gasteiger partial charge in [-0.1, -0.05) is 24.3 Å². The summed E-state index contributed by atoms with van der Waals surface area (Å²) in [6.45, 7) is 1.34. The first kappa shape index (κ1) is 26.7. The van der Waals surface area contributed by atoms with Gasteiger partial charge < -0.3 is 29.2 Å². The molecule has 2 saturated heterocycles. The number of benzene rings is 1. The van der Waals surface area contributed by atoms with Gasteiger partial charge in [-0.05, 0) is 80.9 Å². The Labute approximate surface area is 220 Å². The van der Waals surface area contributed by atoms with E-state index in [9.17, 15) is 15.0 Å². The van der Waals surface area contributed by atoms with Crippen LogP contribution >= 0.6 is 0 Å². The van der Waals surface area contributed by atoms with Crippen molar-refractivity contribution in [2.75, 3.05) is 13.2 Å². The molecule has 0 bridgehead atoms. The van der Waals surface area contributed by atoms with Crippen molar-refractivity contribution in [2.45, 2.75) is 102 Å². The number of rotatable bonds is 10. The van der Waals surface area contributed by atoms with Crippen molar-refractivity contribution in [3.63, 3.8) is 0 Å². The Morgan fingerprint density at radius 1 is 1.00 bits per heavy atom. The molecule has 0 aromatic heterocycles. The largest absolute Gasteiger partial charge is 0.481 e. The molecule has 204 valence electrons. The fourth-order valence-corrected chi connectivity index (χ4v) is 6.62. The minimum absolute atomic E-state index is 0.124. The van der Waals surface area contributed by atoms with E-state index in [0.29, 0.717) is 25.6 Å². The quantitative estimate of drug-likeness (QED) is 0.425. The maximum absolute atomic E-state index is 11.8. The van der Waals surface area contributed by atoms with Crippen LogP contribution in [0.15, 0.2) is 36.1 Å². The van der Waals surface area contributed by atoms with Gasteiger partial charge in [-0.15, -0.1) is 0 Å². The molecule has 3 fully saturated rings. The van der Waals surface area contributed by atoms with Crippen LogP contribution in [0.25, 0.3) is 0 Å². The number of aliphatic carboxylic acids is 1. The topological polar surface area (TPSA) is 94.5 Å². The lowest BCUT2D eigenvalue weighted by Gasteiger charge is -2.33. The van der Waals surface area contributed by atoms with E-state index >= 15 is 0 Å². The van der Waals surface area contributed by atoms with E-state index < -0.39 is 18.0 Å². The first-order valence-electron chi connectivity index (χ1n) is 14.3. The monoisotopic (exact) mass is 514 g/mol. The summed E-state index contributed by atoms with van der Waals surface area (Å²) in [6, 6.07) is 8.68. The molecule has 7 heteroatoms. The van der Waals surface area contributed by atoms with Gasteiger partial charge in [0.25, 0.3) is 0 Å². The van der Waals surface area contributed by atoms with Crippen LogP contribution in [0.3, 0.4) is 0 Å². The molecule has 1 saturated carbocycles. The highest BCUT2D eigenvalue weighted by Gasteiger charge is 2.48. The third-order valence-corrected chi connectivity index (χ3v) is 8.49. The lowest BCUT2D eigenvalue weighted by atomic mass is 9.87. The number of ether oxygens (including phenoxy) is 4. The molecular formula is C30H42O7. The Balaban J connectivity index is 1.34. The van der Waals surface area contributed by atoms with Crippen molar-refractivity contribution in [3.05, 3.63) is 47.2 Å². The van der Waals surface area contributed by atoms with Crippen molar-refractivity contribution in [2.24, 2.45) is 17.8 Å². The van der Waals surface area contributed by atoms with E-state index in [1.165, 1.54) is 11.1 Å². The number of hydrogen-bond acceptors (Lipinski definition) is 6. The molecule has 2 heterocycles. The second-order valence-electron chi connectivity index (χ2n) is 11.2. The van der Waals surface area contributed by atoms with Crippen LogP contribution in [0.5, 0.6) is 0 Å². The van der Waals surface area contributed by atoms with Gasteiger partial charge in [0.15, 0.2) is 12.6 Å². The molecule has 1 aromatic carbocycles. The summed E-state index contributed by atoms with van der Waals surface area (Å²) < 4.78 is 24.7. The fraction of sp³-hybridized carbons (Fsp3) is 0.700. The van der Waals surface area contributed by atoms with Gasteiger partial charge in [0.05, 0.1) is 25.2 Å². The van der Waals surface area contributed by atoms with E-state index in [4.69, 9.17) is 18.9 Å². The number of fused-ring (bicyclic) bond motifs is 1. The van der Waals surface area contributed by atoms with Crippen LogP contribution in [0.4, 0.5) is 0 Å². The number of carboxylic acid groups (broad SMARTS) is 1. The SMILES string of the molecule is O=C(O)C[C@H]1[C@H](C(=CCCC2Cc3ccccc3C2)OC2CCCCO2)[C@@H](OC2CCCCO2)C[C@H]1O. The number of hydrogen-bond donors (Lipinski definition) is 2. The first-order valence-corrected chi connectivity index (χ1v) is 14.3. The standard InChI is InChI=1S/C30H42O7/c31-24-19-26(37-29-13-4-6-15-35-29)30(23(24)18-27(32)33)25(36-28-12-3-5-14-34-28)11-7-8-20-16-21-9-1-2-10-22(21)17-20/h1-2,9-11,20,23-24,26,28-31H,3-8,12-19H2,(H,32,33)/t23-,24-,26+,28?,29?,30-/m1/s1. The van der Waals surface area contributed by atoms with E-state index in [-0.39, 0.29) is 31.0 Å². The predicted octanol–water partition coefficient (Wildman–Crippen LogP) is 4.99. The summed E-state index contributed by atoms with van der Waals surface area (Å²) in [5, 5.41) is 20.6. The Bertz CT molecular complexity index is 893. The maximum atomic E-state index is 11.8. The summed E-state index contributed by atoms with van der Waals surface area (Å²) in [5.74, 6) is -0.418. The van der Waals surface area contributed by atoms with Crippen LogP contribution in [0.1, 0.15) is 75.3 Å². The Morgan fingerprint density at radius 2 is 1.68 bits per heavy atom. The molecule has 2 aliphatic heterocycles. The lowest BCUT2D eigenvalue weighted by Crippen LogP contribution is -2.35. The second-order valence-corrected chi connectivity index (χ2v) is 11.2. The molecule has 2 aliphatic carbocycles. The minimum Gasteiger partial charge on any atom is -0.481 e. The second kappa shape index (κ2) is 12.7. The third kappa shape index (κ3) is 6.94. The molecule has 7 nitrogen and oxygen atoms in total. The lowest BCUT2D eigenvalue weighted by molar-refractivity contribution is -0.201. The van der Waals surface area contributed by atoms with Gasteiger partial charge in [-0.3, -0.25) is 4.79 Å². The maximum Gasteiger partial charge on any atom is 0.303 e. The zero-order valence-electron chi connectivity index (χ0n) is 21.8. The Morgan fingerprint density at radius 3 is 2.30 bits per heavy atom. The van der Waals surface area contributed by atoms with E-state index in [1.54, 1.807) is 0 Å². The molecule has 2 unspecified atom stereocenters. The summed E-state index contributed by atoms with van der Waals surface area (Å²) in [5.41, 5.74) is 2.90. The summed E-state index contributed by atoms with van der Waals surface area (Å²) in [6.07, 6.45) is 10.4. The van der Waals surface area contributed by atoms with Gasteiger partial charge >= 0.3 is 5.97 Å². The number of allylic oxidation sites excluding steroid dienone is 1. The number of carbonyl (C=O) groups is 1. The molecule has 4 aliphatic rings. The first-order chi connectivity index (χ1) is 18.1. The average molecular weight is 515 g/mol. The molecule has 0 radical (unpaired) electrons. The number of aliphatic hydroxyl groups excluding tert-OH is 1.